The molecule has 0 fully saturated rings. The molecule has 23 heavy (non-hydrogen) atoms. The van der Waals surface area contributed by atoms with Crippen LogP contribution in [0.25, 0.3) is 11.2 Å². The first-order valence-electron chi connectivity index (χ1n) is 7.49. The third kappa shape index (κ3) is 2.44. The van der Waals surface area contributed by atoms with Crippen LogP contribution in [0.15, 0.2) is 24.8 Å². The normalized spacial score (nSPS) is 16.2. The molecule has 0 aliphatic carbocycles. The Labute approximate surface area is 133 Å². The van der Waals surface area contributed by atoms with Gasteiger partial charge in [-0.05, 0) is 19.1 Å². The second kappa shape index (κ2) is 5.42. The molecule has 4 rings (SSSR count). The second-order valence-corrected chi connectivity index (χ2v) is 5.58. The van der Waals surface area contributed by atoms with Gasteiger partial charge in [-0.3, -0.25) is 0 Å². The summed E-state index contributed by atoms with van der Waals surface area (Å²) in [5, 5.41) is 3.31. The minimum Gasteiger partial charge on any atom is -0.496 e. The van der Waals surface area contributed by atoms with E-state index < -0.39 is 0 Å². The van der Waals surface area contributed by atoms with Crippen molar-refractivity contribution in [3.8, 4) is 11.5 Å². The fourth-order valence-corrected chi connectivity index (χ4v) is 2.89. The maximum Gasteiger partial charge on any atom is 0.182 e. The summed E-state index contributed by atoms with van der Waals surface area (Å²) in [5.74, 6) is 2.50. The van der Waals surface area contributed by atoms with E-state index in [0.29, 0.717) is 18.0 Å². The molecular weight excluding hydrogens is 294 g/mol. The van der Waals surface area contributed by atoms with Gasteiger partial charge in [0.2, 0.25) is 0 Å². The topological polar surface area (TPSA) is 85.0 Å². The molecule has 0 unspecified atom stereocenters. The number of hydrogen-bond donors (Lipinski definition) is 2. The summed E-state index contributed by atoms with van der Waals surface area (Å²) in [7, 11) is 1.68. The number of aromatic nitrogens is 4. The van der Waals surface area contributed by atoms with E-state index in [4.69, 9.17) is 9.47 Å². The number of methoxy groups -OCH3 is 1. The number of ether oxygens (including phenoxy) is 2. The van der Waals surface area contributed by atoms with Crippen molar-refractivity contribution >= 4 is 17.0 Å². The molecule has 0 bridgehead atoms. The van der Waals surface area contributed by atoms with Gasteiger partial charge in [0.25, 0.3) is 0 Å². The van der Waals surface area contributed by atoms with E-state index in [2.05, 4.69) is 38.2 Å². The van der Waals surface area contributed by atoms with Crippen molar-refractivity contribution in [1.82, 2.24) is 19.9 Å². The van der Waals surface area contributed by atoms with E-state index in [0.717, 1.165) is 29.0 Å². The van der Waals surface area contributed by atoms with Crippen molar-refractivity contribution in [3.63, 3.8) is 0 Å². The Morgan fingerprint density at radius 1 is 1.35 bits per heavy atom. The summed E-state index contributed by atoms with van der Waals surface area (Å²) in [6.07, 6.45) is 4.23. The van der Waals surface area contributed by atoms with E-state index in [9.17, 15) is 0 Å². The molecule has 2 aromatic heterocycles. The van der Waals surface area contributed by atoms with Crippen molar-refractivity contribution in [2.45, 2.75) is 26.0 Å². The molecule has 0 radical (unpaired) electrons. The van der Waals surface area contributed by atoms with Crippen molar-refractivity contribution in [1.29, 1.82) is 0 Å². The highest BCUT2D eigenvalue weighted by molar-refractivity contribution is 5.81. The molecule has 1 aliphatic heterocycles. The predicted molar refractivity (Wildman–Crippen MR) is 85.8 cm³/mol. The Balaban J connectivity index is 1.62. The van der Waals surface area contributed by atoms with Crippen LogP contribution in [0.2, 0.25) is 0 Å². The molecular formula is C16H17N5O2. The highest BCUT2D eigenvalue weighted by atomic mass is 16.5. The number of imidazole rings is 1. The third-order valence-corrected chi connectivity index (χ3v) is 3.97. The maximum atomic E-state index is 5.83. The fourth-order valence-electron chi connectivity index (χ4n) is 2.89. The zero-order valence-electron chi connectivity index (χ0n) is 13.0. The van der Waals surface area contributed by atoms with E-state index in [-0.39, 0.29) is 6.10 Å². The van der Waals surface area contributed by atoms with Crippen LogP contribution < -0.4 is 14.8 Å². The second-order valence-electron chi connectivity index (χ2n) is 5.58. The number of aromatic amines is 1. The van der Waals surface area contributed by atoms with Gasteiger partial charge in [0.1, 0.15) is 29.4 Å². The minimum absolute atomic E-state index is 0.212. The highest BCUT2D eigenvalue weighted by Gasteiger charge is 2.21. The first-order valence-corrected chi connectivity index (χ1v) is 7.49. The Morgan fingerprint density at radius 2 is 2.26 bits per heavy atom. The number of nitrogens with zero attached hydrogens (tertiary/aromatic N) is 3. The van der Waals surface area contributed by atoms with Crippen molar-refractivity contribution < 1.29 is 9.47 Å². The number of nitrogens with one attached hydrogen (secondary N) is 2. The lowest BCUT2D eigenvalue weighted by molar-refractivity contribution is 0.254. The summed E-state index contributed by atoms with van der Waals surface area (Å²) in [6.45, 7) is 2.64. The number of rotatable bonds is 4. The Morgan fingerprint density at radius 3 is 3.13 bits per heavy atom. The molecule has 1 atom stereocenters. The van der Waals surface area contributed by atoms with E-state index >= 15 is 0 Å². The molecule has 7 nitrogen and oxygen atoms in total. The van der Waals surface area contributed by atoms with Crippen LogP contribution in [0.1, 0.15) is 18.1 Å². The largest absolute Gasteiger partial charge is 0.496 e. The molecule has 0 saturated carbocycles. The molecule has 2 N–H and O–H groups in total. The van der Waals surface area contributed by atoms with Crippen LogP contribution in [0.3, 0.4) is 0 Å². The summed E-state index contributed by atoms with van der Waals surface area (Å²) < 4.78 is 11.3. The van der Waals surface area contributed by atoms with E-state index in [1.807, 2.05) is 6.07 Å². The number of anilines is 1. The quantitative estimate of drug-likeness (QED) is 0.769. The van der Waals surface area contributed by atoms with Gasteiger partial charge in [0.05, 0.1) is 13.4 Å². The van der Waals surface area contributed by atoms with Crippen LogP contribution >= 0.6 is 0 Å². The van der Waals surface area contributed by atoms with Gasteiger partial charge in [-0.1, -0.05) is 0 Å². The van der Waals surface area contributed by atoms with Gasteiger partial charge in [-0.2, -0.15) is 0 Å². The van der Waals surface area contributed by atoms with Gasteiger partial charge in [0, 0.05) is 24.1 Å². The van der Waals surface area contributed by atoms with Crippen molar-refractivity contribution in [2.75, 3.05) is 12.4 Å². The van der Waals surface area contributed by atoms with E-state index in [1.165, 1.54) is 11.9 Å². The first-order chi connectivity index (χ1) is 11.2. The van der Waals surface area contributed by atoms with Crippen LogP contribution in [0, 0.1) is 0 Å². The molecule has 3 aromatic rings. The lowest BCUT2D eigenvalue weighted by Gasteiger charge is -2.12. The number of benzene rings is 1. The maximum absolute atomic E-state index is 5.83. The SMILES string of the molecule is COc1cc2c(cc1CNc1ncnc3nc[nH]c13)O[C@@H](C)C2. The first kappa shape index (κ1) is 13.8. The van der Waals surface area contributed by atoms with Crippen LogP contribution in [0.5, 0.6) is 11.5 Å². The molecule has 0 saturated heterocycles. The summed E-state index contributed by atoms with van der Waals surface area (Å²) in [5.41, 5.74) is 3.64. The minimum atomic E-state index is 0.212. The predicted octanol–water partition coefficient (Wildman–Crippen LogP) is 2.30. The zero-order valence-corrected chi connectivity index (χ0v) is 13.0. The number of hydrogen-bond acceptors (Lipinski definition) is 6. The molecule has 118 valence electrons. The summed E-state index contributed by atoms with van der Waals surface area (Å²) in [6, 6.07) is 4.09. The Bertz CT molecular complexity index is 861. The van der Waals surface area contributed by atoms with Gasteiger partial charge in [-0.15, -0.1) is 0 Å². The van der Waals surface area contributed by atoms with Crippen molar-refractivity contribution in [2.24, 2.45) is 0 Å². The summed E-state index contributed by atoms with van der Waals surface area (Å²) >= 11 is 0. The monoisotopic (exact) mass is 311 g/mol. The average Bonchev–Trinajstić information content (AvgIpc) is 3.16. The third-order valence-electron chi connectivity index (χ3n) is 3.97. The molecule has 3 heterocycles. The summed E-state index contributed by atoms with van der Waals surface area (Å²) in [4.78, 5) is 15.6. The number of fused-ring (bicyclic) bond motifs is 2. The van der Waals surface area contributed by atoms with E-state index in [1.54, 1.807) is 13.4 Å². The molecule has 1 aliphatic rings. The fraction of sp³-hybridized carbons (Fsp3) is 0.312. The molecule has 7 heteroatoms. The van der Waals surface area contributed by atoms with Gasteiger partial charge in [0.15, 0.2) is 11.5 Å². The van der Waals surface area contributed by atoms with Crippen LogP contribution in [-0.2, 0) is 13.0 Å². The van der Waals surface area contributed by atoms with Gasteiger partial charge < -0.3 is 19.8 Å². The van der Waals surface area contributed by atoms with Crippen LogP contribution in [0.4, 0.5) is 5.82 Å². The number of H-pyrrole nitrogens is 1. The Kier molecular flexibility index (Phi) is 3.25. The highest BCUT2D eigenvalue weighted by Crippen LogP contribution is 2.35. The van der Waals surface area contributed by atoms with Crippen LogP contribution in [-0.4, -0.2) is 33.1 Å². The van der Waals surface area contributed by atoms with Gasteiger partial charge in [-0.25, -0.2) is 15.0 Å². The lowest BCUT2D eigenvalue weighted by Crippen LogP contribution is -2.05. The van der Waals surface area contributed by atoms with Gasteiger partial charge >= 0.3 is 0 Å². The average molecular weight is 311 g/mol. The molecule has 0 spiro atoms. The smallest absolute Gasteiger partial charge is 0.182 e. The Hall–Kier alpha value is -2.83. The molecule has 0 amide bonds. The molecule has 1 aromatic carbocycles. The zero-order chi connectivity index (χ0) is 15.8. The van der Waals surface area contributed by atoms with Crippen molar-refractivity contribution in [3.05, 3.63) is 35.9 Å². The standard InChI is InChI=1S/C16H17N5O2/c1-9-3-10-4-12(22-2)11(5-13(10)23-9)6-17-15-14-16(19-7-18-14)21-8-20-15/h4-5,7-9H,3,6H2,1-2H3,(H2,17,18,19,20,21)/t9-/m0/s1. The lowest BCUT2D eigenvalue weighted by atomic mass is 10.1.